The van der Waals surface area contributed by atoms with Gasteiger partial charge < -0.3 is 24.1 Å². The molecule has 2 aromatic carbocycles. The molecule has 2 aliphatic heterocycles. The first kappa shape index (κ1) is 22.3. The van der Waals surface area contributed by atoms with E-state index >= 15 is 0 Å². The Bertz CT molecular complexity index is 869. The van der Waals surface area contributed by atoms with E-state index < -0.39 is 18.4 Å². The Morgan fingerprint density at radius 2 is 2.00 bits per heavy atom. The Morgan fingerprint density at radius 3 is 2.68 bits per heavy atom. The highest BCUT2D eigenvalue weighted by Gasteiger charge is 2.32. The monoisotopic (exact) mass is 450 g/mol. The molecule has 2 aromatic rings. The second-order valence-corrected chi connectivity index (χ2v) is 8.51. The minimum absolute atomic E-state index is 0.113. The summed E-state index contributed by atoms with van der Waals surface area (Å²) >= 11 is 6.52. The van der Waals surface area contributed by atoms with E-state index in [9.17, 15) is 9.50 Å². The molecule has 0 amide bonds. The summed E-state index contributed by atoms with van der Waals surface area (Å²) in [7, 11) is 1.56. The van der Waals surface area contributed by atoms with Crippen molar-refractivity contribution in [1.29, 1.82) is 0 Å². The SMILES string of the molecule is COc1cc(Cl)c(Cc2ccc(OC3CCOC3)cc2)cc1[C@H]1CC(F)C[C@@H](CO)O1. The molecule has 2 fully saturated rings. The zero-order valence-corrected chi connectivity index (χ0v) is 18.3. The lowest BCUT2D eigenvalue weighted by Crippen LogP contribution is -2.31. The van der Waals surface area contributed by atoms with Crippen molar-refractivity contribution in [2.24, 2.45) is 0 Å². The lowest BCUT2D eigenvalue weighted by atomic mass is 9.93. The van der Waals surface area contributed by atoms with Crippen molar-refractivity contribution < 1.29 is 28.4 Å². The third kappa shape index (κ3) is 5.50. The number of alkyl halides is 1. The summed E-state index contributed by atoms with van der Waals surface area (Å²) in [6.07, 6.45) is 0.0256. The number of rotatable bonds is 7. The van der Waals surface area contributed by atoms with Gasteiger partial charge in [0.15, 0.2) is 0 Å². The molecule has 7 heteroatoms. The summed E-state index contributed by atoms with van der Waals surface area (Å²) < 4.78 is 36.9. The molecule has 0 aliphatic carbocycles. The van der Waals surface area contributed by atoms with E-state index in [1.807, 2.05) is 30.3 Å². The number of aliphatic hydroxyl groups excluding tert-OH is 1. The first-order valence-corrected chi connectivity index (χ1v) is 11.0. The summed E-state index contributed by atoms with van der Waals surface area (Å²) in [5.41, 5.74) is 2.73. The first-order chi connectivity index (χ1) is 15.1. The number of hydrogen-bond donors (Lipinski definition) is 1. The standard InChI is InChI=1S/C24H28ClFO5/c1-28-23-12-22(25)16(9-21(23)24-11-17(26)10-20(13-27)31-24)8-15-2-4-18(5-3-15)30-19-6-7-29-14-19/h2-5,9,12,17,19-20,24,27H,6-8,10-11,13-14H2,1H3/t17?,19?,20-,24+/m0/s1. The van der Waals surface area contributed by atoms with Crippen LogP contribution in [0.3, 0.4) is 0 Å². The zero-order chi connectivity index (χ0) is 21.8. The third-order valence-corrected chi connectivity index (χ3v) is 6.15. The van der Waals surface area contributed by atoms with E-state index in [0.717, 1.165) is 35.5 Å². The molecule has 2 heterocycles. The number of benzene rings is 2. The van der Waals surface area contributed by atoms with Gasteiger partial charge in [0.1, 0.15) is 23.8 Å². The molecule has 1 N–H and O–H groups in total. The van der Waals surface area contributed by atoms with E-state index in [0.29, 0.717) is 23.8 Å². The normalized spacial score (nSPS) is 26.1. The van der Waals surface area contributed by atoms with Gasteiger partial charge in [0.25, 0.3) is 0 Å². The van der Waals surface area contributed by atoms with Crippen molar-refractivity contribution in [1.82, 2.24) is 0 Å². The second-order valence-electron chi connectivity index (χ2n) is 8.11. The number of halogens is 2. The Kier molecular flexibility index (Phi) is 7.33. The summed E-state index contributed by atoms with van der Waals surface area (Å²) in [4.78, 5) is 0. The van der Waals surface area contributed by atoms with Crippen molar-refractivity contribution >= 4 is 11.6 Å². The Hall–Kier alpha value is -1.86. The van der Waals surface area contributed by atoms with Crippen LogP contribution in [0.4, 0.5) is 4.39 Å². The molecule has 0 spiro atoms. The second kappa shape index (κ2) is 10.2. The predicted molar refractivity (Wildman–Crippen MR) is 116 cm³/mol. The molecule has 0 aromatic heterocycles. The smallest absolute Gasteiger partial charge is 0.126 e. The molecule has 0 bridgehead atoms. The highest BCUT2D eigenvalue weighted by molar-refractivity contribution is 6.31. The van der Waals surface area contributed by atoms with Crippen LogP contribution in [-0.4, -0.2) is 50.4 Å². The van der Waals surface area contributed by atoms with Gasteiger partial charge in [0, 0.05) is 29.8 Å². The van der Waals surface area contributed by atoms with Crippen LogP contribution < -0.4 is 9.47 Å². The Morgan fingerprint density at radius 1 is 1.19 bits per heavy atom. The molecular weight excluding hydrogens is 423 g/mol. The van der Waals surface area contributed by atoms with Gasteiger partial charge >= 0.3 is 0 Å². The molecule has 0 radical (unpaired) electrons. The van der Waals surface area contributed by atoms with E-state index in [4.69, 9.17) is 30.5 Å². The maximum Gasteiger partial charge on any atom is 0.126 e. The average molecular weight is 451 g/mol. The average Bonchev–Trinajstić information content (AvgIpc) is 3.28. The molecule has 0 saturated carbocycles. The molecule has 5 nitrogen and oxygen atoms in total. The van der Waals surface area contributed by atoms with Gasteiger partial charge in [-0.3, -0.25) is 0 Å². The molecule has 4 rings (SSSR count). The molecule has 2 unspecified atom stereocenters. The lowest BCUT2D eigenvalue weighted by molar-refractivity contribution is -0.0980. The van der Waals surface area contributed by atoms with Crippen LogP contribution in [0.15, 0.2) is 36.4 Å². The van der Waals surface area contributed by atoms with Crippen LogP contribution in [0.25, 0.3) is 0 Å². The van der Waals surface area contributed by atoms with Crippen LogP contribution in [0.2, 0.25) is 5.02 Å². The first-order valence-electron chi connectivity index (χ1n) is 10.7. The largest absolute Gasteiger partial charge is 0.496 e. The molecule has 31 heavy (non-hydrogen) atoms. The van der Waals surface area contributed by atoms with Crippen LogP contribution in [-0.2, 0) is 15.9 Å². The van der Waals surface area contributed by atoms with E-state index in [1.54, 1.807) is 13.2 Å². The number of methoxy groups -OCH3 is 1. The predicted octanol–water partition coefficient (Wildman–Crippen LogP) is 4.66. The molecule has 168 valence electrons. The third-order valence-electron chi connectivity index (χ3n) is 5.80. The van der Waals surface area contributed by atoms with E-state index in [-0.39, 0.29) is 25.6 Å². The minimum atomic E-state index is -1.03. The zero-order valence-electron chi connectivity index (χ0n) is 17.6. The Labute approximate surface area is 187 Å². The van der Waals surface area contributed by atoms with Gasteiger partial charge in [-0.15, -0.1) is 0 Å². The fourth-order valence-electron chi connectivity index (χ4n) is 4.16. The summed E-state index contributed by atoms with van der Waals surface area (Å²) in [6.45, 7) is 1.17. The van der Waals surface area contributed by atoms with Gasteiger partial charge in [-0.1, -0.05) is 23.7 Å². The number of hydrogen-bond acceptors (Lipinski definition) is 5. The molecule has 2 aliphatic rings. The molecule has 4 atom stereocenters. The maximum absolute atomic E-state index is 14.2. The maximum atomic E-state index is 14.2. The van der Waals surface area contributed by atoms with E-state index in [1.165, 1.54) is 0 Å². The molecule has 2 saturated heterocycles. The summed E-state index contributed by atoms with van der Waals surface area (Å²) in [5.74, 6) is 1.38. The molecular formula is C24H28ClFO5. The van der Waals surface area contributed by atoms with E-state index in [2.05, 4.69) is 0 Å². The number of ether oxygens (including phenoxy) is 4. The van der Waals surface area contributed by atoms with Gasteiger partial charge in [0.2, 0.25) is 0 Å². The highest BCUT2D eigenvalue weighted by atomic mass is 35.5. The van der Waals surface area contributed by atoms with Crippen LogP contribution in [0, 0.1) is 0 Å². The fourth-order valence-corrected chi connectivity index (χ4v) is 4.38. The summed E-state index contributed by atoms with van der Waals surface area (Å²) in [5, 5.41) is 10.0. The van der Waals surface area contributed by atoms with Crippen molar-refractivity contribution in [2.45, 2.75) is 50.2 Å². The van der Waals surface area contributed by atoms with Crippen molar-refractivity contribution in [3.63, 3.8) is 0 Å². The van der Waals surface area contributed by atoms with Crippen molar-refractivity contribution in [2.75, 3.05) is 26.9 Å². The number of aliphatic hydroxyl groups is 1. The van der Waals surface area contributed by atoms with Crippen LogP contribution >= 0.6 is 11.6 Å². The quantitative estimate of drug-likeness (QED) is 0.665. The van der Waals surface area contributed by atoms with Gasteiger partial charge in [-0.2, -0.15) is 0 Å². The van der Waals surface area contributed by atoms with Crippen molar-refractivity contribution in [3.05, 3.63) is 58.1 Å². The van der Waals surface area contributed by atoms with Gasteiger partial charge in [-0.05, 0) is 41.8 Å². The lowest BCUT2D eigenvalue weighted by Gasteiger charge is -2.32. The van der Waals surface area contributed by atoms with Crippen LogP contribution in [0.5, 0.6) is 11.5 Å². The van der Waals surface area contributed by atoms with Gasteiger partial charge in [-0.25, -0.2) is 4.39 Å². The van der Waals surface area contributed by atoms with Crippen LogP contribution in [0.1, 0.15) is 42.1 Å². The summed E-state index contributed by atoms with van der Waals surface area (Å²) in [6, 6.07) is 11.6. The minimum Gasteiger partial charge on any atom is -0.496 e. The van der Waals surface area contributed by atoms with Gasteiger partial charge in [0.05, 0.1) is 39.1 Å². The fraction of sp³-hybridized carbons (Fsp3) is 0.500. The topological polar surface area (TPSA) is 57.2 Å². The Balaban J connectivity index is 1.52. The highest BCUT2D eigenvalue weighted by Crippen LogP contribution is 2.40. The van der Waals surface area contributed by atoms with Crippen molar-refractivity contribution in [3.8, 4) is 11.5 Å².